The Morgan fingerprint density at radius 1 is 1.06 bits per heavy atom. The summed E-state index contributed by atoms with van der Waals surface area (Å²) in [7, 11) is 5.61. The fourth-order valence-corrected chi connectivity index (χ4v) is 3.51. The third-order valence-electron chi connectivity index (χ3n) is 5.27. The quantitative estimate of drug-likeness (QED) is 0.430. The van der Waals surface area contributed by atoms with Gasteiger partial charge in [0.1, 0.15) is 17.8 Å². The molecule has 0 bridgehead atoms. The number of hydrogen-bond donors (Lipinski definition) is 1. The maximum Gasteiger partial charge on any atom is 0.412 e. The van der Waals surface area contributed by atoms with Gasteiger partial charge >= 0.3 is 6.09 Å². The fourth-order valence-electron chi connectivity index (χ4n) is 3.51. The van der Waals surface area contributed by atoms with Gasteiger partial charge in [-0.2, -0.15) is 0 Å². The van der Waals surface area contributed by atoms with E-state index in [1.807, 2.05) is 49.3 Å². The van der Waals surface area contributed by atoms with Crippen molar-refractivity contribution in [2.75, 3.05) is 32.6 Å². The van der Waals surface area contributed by atoms with E-state index in [9.17, 15) is 4.79 Å². The number of ether oxygens (including phenoxy) is 2. The summed E-state index contributed by atoms with van der Waals surface area (Å²) in [5, 5.41) is 14.1. The van der Waals surface area contributed by atoms with E-state index in [0.717, 1.165) is 22.4 Å². The number of carbonyl (C=O) groups excluding carboxylic acids is 1. The van der Waals surface area contributed by atoms with Crippen LogP contribution in [0, 0.1) is 0 Å². The van der Waals surface area contributed by atoms with Crippen LogP contribution in [-0.2, 0) is 6.42 Å². The molecular formula is C25H26N6O3. The van der Waals surface area contributed by atoms with Gasteiger partial charge in [-0.1, -0.05) is 30.3 Å². The Morgan fingerprint density at radius 3 is 2.56 bits per heavy atom. The molecule has 0 saturated carbocycles. The van der Waals surface area contributed by atoms with Crippen LogP contribution in [-0.4, -0.2) is 54.1 Å². The molecule has 4 rings (SSSR count). The molecule has 0 aliphatic heterocycles. The van der Waals surface area contributed by atoms with Crippen molar-refractivity contribution in [1.82, 2.24) is 25.5 Å². The first kappa shape index (κ1) is 22.8. The number of nitrogens with zero attached hydrogens (tertiary/aromatic N) is 5. The molecule has 0 aliphatic carbocycles. The smallest absolute Gasteiger partial charge is 0.412 e. The van der Waals surface area contributed by atoms with Crippen molar-refractivity contribution in [3.05, 3.63) is 78.6 Å². The molecule has 0 fully saturated rings. The van der Waals surface area contributed by atoms with Crippen molar-refractivity contribution < 1.29 is 14.3 Å². The minimum absolute atomic E-state index is 0.363. The monoisotopic (exact) mass is 458 g/mol. The predicted octanol–water partition coefficient (Wildman–Crippen LogP) is 3.74. The molecule has 0 radical (unpaired) electrons. The number of amides is 1. The molecule has 0 spiro atoms. The summed E-state index contributed by atoms with van der Waals surface area (Å²) in [6, 6.07) is 21.2. The first-order valence-corrected chi connectivity index (χ1v) is 10.8. The summed E-state index contributed by atoms with van der Waals surface area (Å²) in [4.78, 5) is 14.5. The number of hydrogen-bond acceptors (Lipinski definition) is 7. The maximum atomic E-state index is 12.5. The second-order valence-corrected chi connectivity index (χ2v) is 7.80. The average Bonchev–Trinajstić information content (AvgIpc) is 3.39. The molecule has 1 aromatic heterocycles. The second-order valence-electron chi connectivity index (χ2n) is 7.80. The van der Waals surface area contributed by atoms with E-state index >= 15 is 0 Å². The maximum absolute atomic E-state index is 12.5. The van der Waals surface area contributed by atoms with E-state index in [1.54, 1.807) is 19.2 Å². The number of aromatic nitrogens is 4. The number of nitrogens with one attached hydrogen (secondary N) is 1. The molecule has 0 saturated heterocycles. The van der Waals surface area contributed by atoms with Gasteiger partial charge in [0.15, 0.2) is 0 Å². The Hall–Kier alpha value is -4.40. The standard InChI is InChI=1S/C25H26N6O3/c1-30(2)20-10-8-18(9-11-20)12-13-26-25(32)34-22-15-19(23-6-4-5-7-24(23)33-3)14-21(16-22)31-17-27-28-29-31/h4-11,14-17H,12-13H2,1-3H3,(H,26,32). The van der Waals surface area contributed by atoms with Gasteiger partial charge < -0.3 is 19.7 Å². The molecule has 1 heterocycles. The third-order valence-corrected chi connectivity index (χ3v) is 5.27. The molecule has 9 heteroatoms. The predicted molar refractivity (Wildman–Crippen MR) is 130 cm³/mol. The van der Waals surface area contributed by atoms with Gasteiger partial charge in [-0.3, -0.25) is 0 Å². The molecule has 9 nitrogen and oxygen atoms in total. The Bertz CT molecular complexity index is 1240. The highest BCUT2D eigenvalue weighted by Gasteiger charge is 2.13. The molecule has 34 heavy (non-hydrogen) atoms. The van der Waals surface area contributed by atoms with Crippen LogP contribution >= 0.6 is 0 Å². The molecule has 0 aliphatic rings. The number of rotatable bonds is 8. The zero-order chi connectivity index (χ0) is 23.9. The molecular weight excluding hydrogens is 432 g/mol. The average molecular weight is 459 g/mol. The van der Waals surface area contributed by atoms with Crippen molar-refractivity contribution in [2.24, 2.45) is 0 Å². The summed E-state index contributed by atoms with van der Waals surface area (Å²) in [6.07, 6.45) is 1.64. The van der Waals surface area contributed by atoms with Gasteiger partial charge in [0, 0.05) is 38.0 Å². The van der Waals surface area contributed by atoms with Crippen LogP contribution in [0.4, 0.5) is 10.5 Å². The van der Waals surface area contributed by atoms with Crippen molar-refractivity contribution in [1.29, 1.82) is 0 Å². The van der Waals surface area contributed by atoms with Crippen LogP contribution in [0.15, 0.2) is 73.1 Å². The lowest BCUT2D eigenvalue weighted by Gasteiger charge is -2.13. The van der Waals surface area contributed by atoms with Crippen molar-refractivity contribution in [3.8, 4) is 28.3 Å². The molecule has 174 valence electrons. The Balaban J connectivity index is 1.48. The van der Waals surface area contributed by atoms with E-state index in [2.05, 4.69) is 45.1 Å². The van der Waals surface area contributed by atoms with E-state index in [0.29, 0.717) is 30.2 Å². The Kier molecular flexibility index (Phi) is 7.02. The summed E-state index contributed by atoms with van der Waals surface area (Å²) in [6.45, 7) is 0.451. The van der Waals surface area contributed by atoms with Crippen LogP contribution in [0.3, 0.4) is 0 Å². The van der Waals surface area contributed by atoms with Crippen LogP contribution in [0.5, 0.6) is 11.5 Å². The topological polar surface area (TPSA) is 94.4 Å². The SMILES string of the molecule is COc1ccccc1-c1cc(OC(=O)NCCc2ccc(N(C)C)cc2)cc(-n2cnnn2)c1. The summed E-state index contributed by atoms with van der Waals surface area (Å²) < 4.78 is 12.6. The third kappa shape index (κ3) is 5.50. The molecule has 0 atom stereocenters. The van der Waals surface area contributed by atoms with Gasteiger partial charge in [0.2, 0.25) is 0 Å². The van der Waals surface area contributed by atoms with Crippen molar-refractivity contribution in [2.45, 2.75) is 6.42 Å². The lowest BCUT2D eigenvalue weighted by atomic mass is 10.0. The van der Waals surface area contributed by atoms with Gasteiger partial charge in [-0.05, 0) is 58.3 Å². The lowest BCUT2D eigenvalue weighted by Crippen LogP contribution is -2.28. The number of methoxy groups -OCH3 is 1. The van der Waals surface area contributed by atoms with E-state index in [4.69, 9.17) is 9.47 Å². The van der Waals surface area contributed by atoms with E-state index < -0.39 is 6.09 Å². The number of tetrazole rings is 1. The van der Waals surface area contributed by atoms with E-state index in [1.165, 1.54) is 11.0 Å². The minimum Gasteiger partial charge on any atom is -0.496 e. The lowest BCUT2D eigenvalue weighted by molar-refractivity contribution is 0.200. The number of carbonyl (C=O) groups is 1. The molecule has 3 aromatic carbocycles. The van der Waals surface area contributed by atoms with Gasteiger partial charge in [-0.25, -0.2) is 9.48 Å². The van der Waals surface area contributed by atoms with Crippen LogP contribution in [0.1, 0.15) is 5.56 Å². The normalized spacial score (nSPS) is 10.6. The second kappa shape index (κ2) is 10.5. The summed E-state index contributed by atoms with van der Waals surface area (Å²) in [5.74, 6) is 1.06. The van der Waals surface area contributed by atoms with Crippen LogP contribution in [0.2, 0.25) is 0 Å². The highest BCUT2D eigenvalue weighted by Crippen LogP contribution is 2.33. The molecule has 4 aromatic rings. The zero-order valence-electron chi connectivity index (χ0n) is 19.3. The van der Waals surface area contributed by atoms with Gasteiger partial charge in [0.25, 0.3) is 0 Å². The summed E-state index contributed by atoms with van der Waals surface area (Å²) in [5.41, 5.74) is 4.56. The first-order chi connectivity index (χ1) is 16.5. The van der Waals surface area contributed by atoms with Gasteiger partial charge in [-0.15, -0.1) is 5.10 Å². The number of benzene rings is 3. The molecule has 0 unspecified atom stereocenters. The molecule has 1 amide bonds. The Morgan fingerprint density at radius 2 is 1.85 bits per heavy atom. The fraction of sp³-hybridized carbons (Fsp3) is 0.200. The van der Waals surface area contributed by atoms with Gasteiger partial charge in [0.05, 0.1) is 12.8 Å². The van der Waals surface area contributed by atoms with Crippen molar-refractivity contribution >= 4 is 11.8 Å². The zero-order valence-corrected chi connectivity index (χ0v) is 19.3. The largest absolute Gasteiger partial charge is 0.496 e. The number of anilines is 1. The first-order valence-electron chi connectivity index (χ1n) is 10.8. The summed E-state index contributed by atoms with van der Waals surface area (Å²) >= 11 is 0. The van der Waals surface area contributed by atoms with Crippen molar-refractivity contribution in [3.63, 3.8) is 0 Å². The molecule has 1 N–H and O–H groups in total. The highest BCUT2D eigenvalue weighted by molar-refractivity contribution is 5.76. The minimum atomic E-state index is -0.537. The number of para-hydroxylation sites is 1. The van der Waals surface area contributed by atoms with Crippen LogP contribution < -0.4 is 19.7 Å². The van der Waals surface area contributed by atoms with Crippen LogP contribution in [0.25, 0.3) is 16.8 Å². The highest BCUT2D eigenvalue weighted by atomic mass is 16.6. The Labute approximate surface area is 197 Å². The van der Waals surface area contributed by atoms with E-state index in [-0.39, 0.29) is 0 Å².